The van der Waals surface area contributed by atoms with Crippen LogP contribution in [0.3, 0.4) is 0 Å². The number of nitrogens with one attached hydrogen (secondary N) is 2. The Balaban J connectivity index is 0.00000361. The topological polar surface area (TPSA) is 97.1 Å². The first-order chi connectivity index (χ1) is 9.02. The summed E-state index contributed by atoms with van der Waals surface area (Å²) in [7, 11) is 0. The van der Waals surface area contributed by atoms with E-state index in [2.05, 4.69) is 15.6 Å². The van der Waals surface area contributed by atoms with Gasteiger partial charge in [0.25, 0.3) is 5.91 Å². The van der Waals surface area contributed by atoms with Gasteiger partial charge in [0.05, 0.1) is 5.69 Å². The minimum Gasteiger partial charge on any atom is -0.354 e. The molecule has 1 aromatic heterocycles. The van der Waals surface area contributed by atoms with Crippen LogP contribution >= 0.6 is 12.4 Å². The number of nitrogens with two attached hydrogens (primary N) is 1. The summed E-state index contributed by atoms with van der Waals surface area (Å²) in [5.74, 6) is -0.304. The summed E-state index contributed by atoms with van der Waals surface area (Å²) in [5, 5.41) is 5.44. The van der Waals surface area contributed by atoms with Crippen LogP contribution in [0.4, 0.5) is 0 Å². The molecule has 4 N–H and O–H groups in total. The summed E-state index contributed by atoms with van der Waals surface area (Å²) in [4.78, 5) is 27.2. The third-order valence-electron chi connectivity index (χ3n) is 2.38. The van der Waals surface area contributed by atoms with Crippen molar-refractivity contribution in [1.29, 1.82) is 0 Å². The lowest BCUT2D eigenvalue weighted by Gasteiger charge is -2.09. The predicted molar refractivity (Wildman–Crippen MR) is 79.6 cm³/mol. The fourth-order valence-corrected chi connectivity index (χ4v) is 1.52. The van der Waals surface area contributed by atoms with Gasteiger partial charge in [0.1, 0.15) is 0 Å². The highest BCUT2D eigenvalue weighted by molar-refractivity contribution is 5.94. The molecule has 112 valence electrons. The van der Waals surface area contributed by atoms with Crippen LogP contribution < -0.4 is 16.4 Å². The second-order valence-electron chi connectivity index (χ2n) is 4.47. The Morgan fingerprint density at radius 2 is 2.10 bits per heavy atom. The van der Waals surface area contributed by atoms with E-state index >= 15 is 0 Å². The molecule has 0 aliphatic rings. The highest BCUT2D eigenvalue weighted by atomic mass is 35.5. The number of rotatable bonds is 6. The first kappa shape index (κ1) is 18.3. The third kappa shape index (κ3) is 6.49. The Labute approximate surface area is 124 Å². The molecule has 0 unspecified atom stereocenters. The lowest BCUT2D eigenvalue weighted by Crippen LogP contribution is -2.34. The van der Waals surface area contributed by atoms with Gasteiger partial charge >= 0.3 is 0 Å². The fraction of sp³-hybridized carbons (Fsp3) is 0.462. The second kappa shape index (κ2) is 9.28. The van der Waals surface area contributed by atoms with Gasteiger partial charge in [-0.05, 0) is 26.0 Å². The maximum Gasteiger partial charge on any atom is 0.251 e. The van der Waals surface area contributed by atoms with Crippen molar-refractivity contribution in [1.82, 2.24) is 15.6 Å². The van der Waals surface area contributed by atoms with Crippen molar-refractivity contribution in [2.75, 3.05) is 6.54 Å². The van der Waals surface area contributed by atoms with Gasteiger partial charge in [0, 0.05) is 37.3 Å². The molecular weight excluding hydrogens is 280 g/mol. The number of carbonyl (C=O) groups is 2. The zero-order valence-electron chi connectivity index (χ0n) is 11.7. The summed E-state index contributed by atoms with van der Waals surface area (Å²) in [6, 6.07) is 3.36. The lowest BCUT2D eigenvalue weighted by molar-refractivity contribution is -0.121. The molecule has 0 saturated heterocycles. The van der Waals surface area contributed by atoms with Crippen molar-refractivity contribution < 1.29 is 9.59 Å². The van der Waals surface area contributed by atoms with E-state index in [0.717, 1.165) is 0 Å². The standard InChI is InChI=1S/C13H20N4O2.ClH/c1-9(2)17-12(18)4-6-16-13(19)10-3-5-15-11(7-10)8-14;/h3,5,7,9H,4,6,8,14H2,1-2H3,(H,16,19)(H,17,18);1H. The van der Waals surface area contributed by atoms with Crippen LogP contribution in [0.5, 0.6) is 0 Å². The van der Waals surface area contributed by atoms with Gasteiger partial charge in [-0.3, -0.25) is 14.6 Å². The molecule has 1 heterocycles. The largest absolute Gasteiger partial charge is 0.354 e. The summed E-state index contributed by atoms with van der Waals surface area (Å²) in [6.07, 6.45) is 1.81. The van der Waals surface area contributed by atoms with Crippen molar-refractivity contribution in [3.05, 3.63) is 29.6 Å². The van der Waals surface area contributed by atoms with E-state index in [1.54, 1.807) is 18.3 Å². The van der Waals surface area contributed by atoms with E-state index < -0.39 is 0 Å². The molecule has 0 aromatic carbocycles. The van der Waals surface area contributed by atoms with Gasteiger partial charge in [-0.2, -0.15) is 0 Å². The summed E-state index contributed by atoms with van der Waals surface area (Å²) >= 11 is 0. The monoisotopic (exact) mass is 300 g/mol. The van der Waals surface area contributed by atoms with E-state index in [9.17, 15) is 9.59 Å². The van der Waals surface area contributed by atoms with Crippen LogP contribution in [-0.2, 0) is 11.3 Å². The maximum atomic E-state index is 11.8. The summed E-state index contributed by atoms with van der Waals surface area (Å²) in [5.41, 5.74) is 6.62. The van der Waals surface area contributed by atoms with Crippen molar-refractivity contribution in [2.45, 2.75) is 32.9 Å². The van der Waals surface area contributed by atoms with Crippen molar-refractivity contribution >= 4 is 24.2 Å². The van der Waals surface area contributed by atoms with E-state index in [0.29, 0.717) is 17.8 Å². The summed E-state index contributed by atoms with van der Waals surface area (Å²) in [6.45, 7) is 4.37. The predicted octanol–water partition coefficient (Wildman–Crippen LogP) is 0.607. The Morgan fingerprint density at radius 3 is 2.70 bits per heavy atom. The lowest BCUT2D eigenvalue weighted by atomic mass is 10.2. The summed E-state index contributed by atoms with van der Waals surface area (Å²) < 4.78 is 0. The number of amides is 2. The van der Waals surface area contributed by atoms with Crippen molar-refractivity contribution in [2.24, 2.45) is 5.73 Å². The normalized spacial score (nSPS) is 9.80. The molecule has 0 saturated carbocycles. The van der Waals surface area contributed by atoms with Gasteiger partial charge in [-0.15, -0.1) is 12.4 Å². The molecule has 2 amide bonds. The Hall–Kier alpha value is -1.66. The number of hydrogen-bond donors (Lipinski definition) is 3. The molecular formula is C13H21ClN4O2. The fourth-order valence-electron chi connectivity index (χ4n) is 1.52. The molecule has 0 aliphatic heterocycles. The second-order valence-corrected chi connectivity index (χ2v) is 4.47. The minimum atomic E-state index is -0.227. The van der Waals surface area contributed by atoms with E-state index in [-0.39, 0.29) is 43.2 Å². The number of pyridine rings is 1. The first-order valence-electron chi connectivity index (χ1n) is 6.25. The molecule has 20 heavy (non-hydrogen) atoms. The average Bonchev–Trinajstić information content (AvgIpc) is 2.37. The van der Waals surface area contributed by atoms with Crippen LogP contribution in [0.15, 0.2) is 18.3 Å². The smallest absolute Gasteiger partial charge is 0.251 e. The Kier molecular flexibility index (Phi) is 8.51. The highest BCUT2D eigenvalue weighted by Gasteiger charge is 2.08. The van der Waals surface area contributed by atoms with Crippen molar-refractivity contribution in [3.63, 3.8) is 0 Å². The number of aromatic nitrogens is 1. The third-order valence-corrected chi connectivity index (χ3v) is 2.38. The van der Waals surface area contributed by atoms with Crippen LogP contribution in [0.25, 0.3) is 0 Å². The van der Waals surface area contributed by atoms with Crippen LogP contribution in [0.1, 0.15) is 36.3 Å². The molecule has 6 nitrogen and oxygen atoms in total. The van der Waals surface area contributed by atoms with Crippen molar-refractivity contribution in [3.8, 4) is 0 Å². The van der Waals surface area contributed by atoms with E-state index in [4.69, 9.17) is 5.73 Å². The number of halogens is 1. The van der Waals surface area contributed by atoms with E-state index in [1.807, 2.05) is 13.8 Å². The molecule has 0 fully saturated rings. The maximum absolute atomic E-state index is 11.8. The Bertz CT molecular complexity index is 452. The average molecular weight is 301 g/mol. The molecule has 7 heteroatoms. The van der Waals surface area contributed by atoms with E-state index in [1.165, 1.54) is 0 Å². The molecule has 1 aromatic rings. The highest BCUT2D eigenvalue weighted by Crippen LogP contribution is 2.01. The molecule has 0 radical (unpaired) electrons. The molecule has 0 bridgehead atoms. The van der Waals surface area contributed by atoms with Gasteiger partial charge in [0.2, 0.25) is 5.91 Å². The quantitative estimate of drug-likeness (QED) is 0.717. The zero-order valence-corrected chi connectivity index (χ0v) is 12.5. The minimum absolute atomic E-state index is 0. The molecule has 0 atom stereocenters. The SMILES string of the molecule is CC(C)NC(=O)CCNC(=O)c1ccnc(CN)c1.Cl. The molecule has 0 spiro atoms. The van der Waals surface area contributed by atoms with Crippen LogP contribution in [-0.4, -0.2) is 29.4 Å². The number of hydrogen-bond acceptors (Lipinski definition) is 4. The number of carbonyl (C=O) groups excluding carboxylic acids is 2. The van der Waals surface area contributed by atoms with Crippen LogP contribution in [0.2, 0.25) is 0 Å². The van der Waals surface area contributed by atoms with Gasteiger partial charge in [0.15, 0.2) is 0 Å². The van der Waals surface area contributed by atoms with Gasteiger partial charge < -0.3 is 16.4 Å². The Morgan fingerprint density at radius 1 is 1.40 bits per heavy atom. The zero-order chi connectivity index (χ0) is 14.3. The first-order valence-corrected chi connectivity index (χ1v) is 6.25. The molecule has 1 rings (SSSR count). The number of nitrogens with zero attached hydrogens (tertiary/aromatic N) is 1. The van der Waals surface area contributed by atoms with Gasteiger partial charge in [-0.1, -0.05) is 0 Å². The van der Waals surface area contributed by atoms with Gasteiger partial charge in [-0.25, -0.2) is 0 Å². The molecule has 0 aliphatic carbocycles. The van der Waals surface area contributed by atoms with Crippen LogP contribution in [0, 0.1) is 0 Å².